The molecule has 11 rings (SSSR count). The average Bonchev–Trinajstić information content (AvgIpc) is 0.967. The van der Waals surface area contributed by atoms with Crippen molar-refractivity contribution in [3.63, 3.8) is 0 Å². The number of aromatic nitrogens is 2. The van der Waals surface area contributed by atoms with Crippen LogP contribution < -0.4 is 14.5 Å². The molecule has 2 aliphatic rings. The minimum Gasteiger partial charge on any atom is -0.457 e. The lowest BCUT2D eigenvalue weighted by molar-refractivity contribution is 0.479. The fourth-order valence-corrected chi connectivity index (χ4v) is 9.70. The zero-order chi connectivity index (χ0) is 59.3. The Balaban J connectivity index is 1.07. The monoisotopic (exact) mass is 931 g/mol. The predicted octanol–water partition coefficient (Wildman–Crippen LogP) is 17.6. The largest absolute Gasteiger partial charge is 0.457 e. The van der Waals surface area contributed by atoms with Crippen molar-refractivity contribution < 1.29 is 21.2 Å². The Bertz CT molecular complexity index is 4080. The molecule has 0 atom stereocenters. The highest BCUT2D eigenvalue weighted by atomic mass is 16.5. The molecule has 5 heteroatoms. The number of benzene rings is 7. The molecule has 0 N–H and O–H groups in total. The van der Waals surface area contributed by atoms with Crippen molar-refractivity contribution in [2.45, 2.75) is 111 Å². The van der Waals surface area contributed by atoms with Gasteiger partial charge in [-0.15, -0.1) is 0 Å². The van der Waals surface area contributed by atoms with Gasteiger partial charge in [-0.1, -0.05) is 153 Å². The molecule has 0 amide bonds. The first-order valence-electron chi connectivity index (χ1n) is 30.1. The molecule has 5 nitrogen and oxygen atoms in total. The number of pyridine rings is 1. The molecule has 352 valence electrons. The van der Waals surface area contributed by atoms with Gasteiger partial charge in [-0.3, -0.25) is 4.57 Å². The van der Waals surface area contributed by atoms with Crippen molar-refractivity contribution in [2.75, 3.05) is 16.5 Å². The van der Waals surface area contributed by atoms with E-state index in [1.165, 1.54) is 12.1 Å². The van der Waals surface area contributed by atoms with Crippen molar-refractivity contribution in [3.05, 3.63) is 191 Å². The fourth-order valence-electron chi connectivity index (χ4n) is 9.70. The van der Waals surface area contributed by atoms with Gasteiger partial charge in [0.1, 0.15) is 24.0 Å². The van der Waals surface area contributed by atoms with E-state index in [9.17, 15) is 2.74 Å². The second kappa shape index (κ2) is 17.1. The molecule has 0 fully saturated rings. The SMILES string of the molecule is [2H]c1c([2H])c([2H])c2c(c1[2H])c1ccc(Oc3cc(N4CN(c5c(-c6cc(C(C)(C)C)cc(C(C)(C)C)c6)cccc5-c5ccc6c(c5)C([2H])([2H])C([2H])([2H])C([2H])([2H])C6([2H])[2H])c5ccccc54)ccc3C)cc1n2-c1cc(C(C)(C)C)ccn1. The number of nitrogens with zero attached hydrogens (tertiary/aromatic N) is 4. The summed E-state index contributed by atoms with van der Waals surface area (Å²) in [5.74, 6) is 1.54. The molecule has 0 spiro atoms. The topological polar surface area (TPSA) is 33.5 Å². The first-order chi connectivity index (χ1) is 38.2. The molecule has 9 aromatic rings. The van der Waals surface area contributed by atoms with Gasteiger partial charge < -0.3 is 14.5 Å². The summed E-state index contributed by atoms with van der Waals surface area (Å²) in [5.41, 5.74) is 10.2. The van der Waals surface area contributed by atoms with E-state index in [4.69, 9.17) is 23.4 Å². The van der Waals surface area contributed by atoms with Crippen molar-refractivity contribution in [1.29, 1.82) is 0 Å². The first-order valence-corrected chi connectivity index (χ1v) is 24.1. The predicted molar refractivity (Wildman–Crippen MR) is 295 cm³/mol. The van der Waals surface area contributed by atoms with Crippen LogP contribution >= 0.6 is 0 Å². The quantitative estimate of drug-likeness (QED) is 0.159. The second-order valence-electron chi connectivity index (χ2n) is 21.7. The van der Waals surface area contributed by atoms with E-state index in [1.807, 2.05) is 79.7 Å². The minimum atomic E-state index is -3.23. The van der Waals surface area contributed by atoms with Crippen LogP contribution in [0.2, 0.25) is 0 Å². The number of aryl methyl sites for hydroxylation is 3. The van der Waals surface area contributed by atoms with Gasteiger partial charge in [0.05, 0.1) is 33.6 Å². The number of hydrogen-bond donors (Lipinski definition) is 0. The van der Waals surface area contributed by atoms with E-state index in [1.54, 1.807) is 16.8 Å². The van der Waals surface area contributed by atoms with Crippen molar-refractivity contribution in [1.82, 2.24) is 9.55 Å². The summed E-state index contributed by atoms with van der Waals surface area (Å²) in [4.78, 5) is 9.19. The summed E-state index contributed by atoms with van der Waals surface area (Å²) in [6.07, 6.45) is -10.5. The normalized spacial score (nSPS) is 19.5. The van der Waals surface area contributed by atoms with Gasteiger partial charge in [0.25, 0.3) is 0 Å². The molecule has 1 aliphatic carbocycles. The summed E-state index contributed by atoms with van der Waals surface area (Å²) < 4.78 is 115. The molecule has 2 aromatic heterocycles. The van der Waals surface area contributed by atoms with Crippen molar-refractivity contribution in [3.8, 4) is 39.6 Å². The van der Waals surface area contributed by atoms with Crippen LogP contribution in [-0.4, -0.2) is 16.2 Å². The molecular weight excluding hydrogens is 853 g/mol. The Morgan fingerprint density at radius 2 is 1.26 bits per heavy atom. The summed E-state index contributed by atoms with van der Waals surface area (Å²) >= 11 is 0. The number of rotatable bonds is 7. The average molecular weight is 931 g/mol. The van der Waals surface area contributed by atoms with Crippen LogP contribution in [0.5, 0.6) is 11.5 Å². The number of ether oxygens (including phenoxy) is 1. The van der Waals surface area contributed by atoms with Crippen LogP contribution in [0.15, 0.2) is 158 Å². The number of hydrogen-bond acceptors (Lipinski definition) is 4. The van der Waals surface area contributed by atoms with E-state index in [2.05, 4.69) is 109 Å². The third kappa shape index (κ3) is 8.23. The smallest absolute Gasteiger partial charge is 0.137 e. The van der Waals surface area contributed by atoms with E-state index in [0.717, 1.165) is 56.1 Å². The third-order valence-corrected chi connectivity index (χ3v) is 13.7. The number of anilines is 4. The third-order valence-electron chi connectivity index (χ3n) is 13.7. The lowest BCUT2D eigenvalue weighted by atomic mass is 9.78. The molecule has 0 saturated heterocycles. The van der Waals surface area contributed by atoms with Gasteiger partial charge in [0, 0.05) is 56.9 Å². The molecule has 0 unspecified atom stereocenters. The molecule has 0 bridgehead atoms. The highest BCUT2D eigenvalue weighted by Crippen LogP contribution is 2.51. The van der Waals surface area contributed by atoms with E-state index >= 15 is 0 Å². The summed E-state index contributed by atoms with van der Waals surface area (Å²) in [6.45, 7) is 21.7. The zero-order valence-electron chi connectivity index (χ0n) is 53.6. The lowest BCUT2D eigenvalue weighted by Gasteiger charge is -2.30. The molecule has 1 aliphatic heterocycles. The minimum absolute atomic E-state index is 0.142. The Hall–Kier alpha value is -7.11. The van der Waals surface area contributed by atoms with Gasteiger partial charge in [-0.25, -0.2) is 4.98 Å². The van der Waals surface area contributed by atoms with Gasteiger partial charge in [0.15, 0.2) is 0 Å². The van der Waals surface area contributed by atoms with E-state index in [0.29, 0.717) is 56.9 Å². The zero-order valence-corrected chi connectivity index (χ0v) is 41.6. The second-order valence-corrected chi connectivity index (χ2v) is 21.7. The molecule has 0 radical (unpaired) electrons. The summed E-state index contributed by atoms with van der Waals surface area (Å²) in [7, 11) is 0. The van der Waals surface area contributed by atoms with Crippen LogP contribution in [0.3, 0.4) is 0 Å². The molecular formula is C65H66N4O. The highest BCUT2D eigenvalue weighted by Gasteiger charge is 2.33. The highest BCUT2D eigenvalue weighted by molar-refractivity contribution is 6.09. The molecule has 0 saturated carbocycles. The van der Waals surface area contributed by atoms with Crippen molar-refractivity contribution >= 4 is 44.6 Å². The number of fused-ring (bicyclic) bond motifs is 5. The Kier molecular flexibility index (Phi) is 8.16. The van der Waals surface area contributed by atoms with Crippen molar-refractivity contribution in [2.24, 2.45) is 0 Å². The van der Waals surface area contributed by atoms with Gasteiger partial charge in [-0.2, -0.15) is 0 Å². The summed E-state index contributed by atoms with van der Waals surface area (Å²) in [5, 5.41) is 1.00. The first kappa shape index (κ1) is 33.4. The van der Waals surface area contributed by atoms with Gasteiger partial charge in [0.2, 0.25) is 0 Å². The molecule has 3 heterocycles. The Labute approximate surface area is 432 Å². The van der Waals surface area contributed by atoms with E-state index in [-0.39, 0.29) is 51.5 Å². The standard InChI is InChI=1S/C65H66N4O/c1-42-26-29-50(39-60(42)70-51-30-31-55-54-20-13-14-23-56(54)69(59(55)40-51)61-38-47(32-33-66-61)63(2,3)4)67-41-68(58-25-16-15-24-57(58)67)62-52(45-28-27-43-18-11-12-19-44(43)34-45)21-17-22-53(62)46-35-48(64(5,6)7)37-49(36-46)65(8,9)10/h13-17,20-40H,11-12,18-19,41H2,1-10H3/i11D2,12D2,13D,14D,18D2,19D2,20D,23D. The van der Waals surface area contributed by atoms with Crippen LogP contribution in [0.25, 0.3) is 49.9 Å². The summed E-state index contributed by atoms with van der Waals surface area (Å²) in [6, 6.07) is 39.9. The van der Waals surface area contributed by atoms with Crippen LogP contribution in [0.4, 0.5) is 22.7 Å². The van der Waals surface area contributed by atoms with Crippen LogP contribution in [-0.2, 0) is 29.0 Å². The molecule has 7 aromatic carbocycles. The van der Waals surface area contributed by atoms with E-state index < -0.39 is 25.5 Å². The Morgan fingerprint density at radius 1 is 0.571 bits per heavy atom. The Morgan fingerprint density at radius 3 is 1.99 bits per heavy atom. The van der Waals surface area contributed by atoms with Crippen LogP contribution in [0.1, 0.15) is 125 Å². The van der Waals surface area contributed by atoms with Gasteiger partial charge >= 0.3 is 0 Å². The van der Waals surface area contributed by atoms with Crippen LogP contribution in [0, 0.1) is 6.92 Å². The fraction of sp³-hybridized carbons (Fsp3) is 0.277. The molecule has 70 heavy (non-hydrogen) atoms. The maximum Gasteiger partial charge on any atom is 0.137 e. The lowest BCUT2D eigenvalue weighted by Crippen LogP contribution is -2.25. The number of para-hydroxylation sites is 4. The maximum atomic E-state index is 9.17. The maximum absolute atomic E-state index is 9.17. The van der Waals surface area contributed by atoms with Gasteiger partial charge in [-0.05, 0) is 142 Å².